The molecule has 2 unspecified atom stereocenters. The van der Waals surface area contributed by atoms with Crippen LogP contribution in [-0.4, -0.2) is 54.3 Å². The third kappa shape index (κ3) is 3.32. The minimum Gasteiger partial charge on any atom is -0.481 e. The lowest BCUT2D eigenvalue weighted by atomic mass is 9.94. The molecule has 1 N–H and O–H groups in total. The Morgan fingerprint density at radius 3 is 2.25 bits per heavy atom. The lowest BCUT2D eigenvalue weighted by molar-refractivity contribution is -0.142. The summed E-state index contributed by atoms with van der Waals surface area (Å²) in [5.74, 6) is -0.759. The van der Waals surface area contributed by atoms with E-state index in [9.17, 15) is 13.2 Å². The highest BCUT2D eigenvalue weighted by Crippen LogP contribution is 2.27. The van der Waals surface area contributed by atoms with E-state index in [1.54, 1.807) is 0 Å². The Kier molecular flexibility index (Phi) is 4.71. The lowest BCUT2D eigenvalue weighted by Crippen LogP contribution is -2.52. The standard InChI is InChI=1S/C13H24N2O4S/c1-10-6-11(2)8-15(7-10)20(18,19)14-5-3-4-12(9-14)13(16)17/h10-12H,3-9H2,1-2H3,(H,16,17)/t10?,11?,12-/m1/s1. The number of carboxylic acids is 1. The van der Waals surface area contributed by atoms with Crippen molar-refractivity contribution in [3.8, 4) is 0 Å². The molecule has 0 aromatic heterocycles. The van der Waals surface area contributed by atoms with Gasteiger partial charge in [-0.15, -0.1) is 0 Å². The van der Waals surface area contributed by atoms with Gasteiger partial charge in [0.2, 0.25) is 0 Å². The van der Waals surface area contributed by atoms with E-state index >= 15 is 0 Å². The summed E-state index contributed by atoms with van der Waals surface area (Å²) in [4.78, 5) is 11.1. The van der Waals surface area contributed by atoms with Gasteiger partial charge in [0, 0.05) is 26.2 Å². The van der Waals surface area contributed by atoms with Gasteiger partial charge in [-0.1, -0.05) is 13.8 Å². The molecule has 0 radical (unpaired) electrons. The number of hydrogen-bond acceptors (Lipinski definition) is 3. The maximum atomic E-state index is 12.7. The molecular formula is C13H24N2O4S. The van der Waals surface area contributed by atoms with Crippen LogP contribution in [0.25, 0.3) is 0 Å². The van der Waals surface area contributed by atoms with Crippen molar-refractivity contribution in [3.63, 3.8) is 0 Å². The number of carboxylic acid groups (broad SMARTS) is 1. The first kappa shape index (κ1) is 15.7. The summed E-state index contributed by atoms with van der Waals surface area (Å²) < 4.78 is 28.2. The predicted octanol–water partition coefficient (Wildman–Crippen LogP) is 1.01. The van der Waals surface area contributed by atoms with Gasteiger partial charge in [-0.05, 0) is 31.1 Å². The van der Waals surface area contributed by atoms with E-state index in [1.807, 2.05) is 0 Å². The Balaban J connectivity index is 2.11. The Morgan fingerprint density at radius 1 is 1.10 bits per heavy atom. The van der Waals surface area contributed by atoms with E-state index < -0.39 is 22.1 Å². The largest absolute Gasteiger partial charge is 0.481 e. The molecule has 2 saturated heterocycles. The van der Waals surface area contributed by atoms with Crippen molar-refractivity contribution in [2.24, 2.45) is 17.8 Å². The first-order valence-corrected chi connectivity index (χ1v) is 8.68. The second-order valence-electron chi connectivity index (χ2n) is 6.31. The molecule has 2 fully saturated rings. The third-order valence-electron chi connectivity index (χ3n) is 4.22. The zero-order valence-electron chi connectivity index (χ0n) is 12.2. The van der Waals surface area contributed by atoms with Crippen molar-refractivity contribution >= 4 is 16.2 Å². The van der Waals surface area contributed by atoms with E-state index in [0.717, 1.165) is 6.42 Å². The Morgan fingerprint density at radius 2 is 1.70 bits per heavy atom. The molecule has 0 spiro atoms. The van der Waals surface area contributed by atoms with E-state index in [0.29, 0.717) is 44.3 Å². The number of hydrogen-bond donors (Lipinski definition) is 1. The molecule has 0 amide bonds. The van der Waals surface area contributed by atoms with Crippen molar-refractivity contribution < 1.29 is 18.3 Å². The van der Waals surface area contributed by atoms with E-state index in [4.69, 9.17) is 5.11 Å². The normalized spacial score (nSPS) is 34.0. The first-order chi connectivity index (χ1) is 9.30. The zero-order chi connectivity index (χ0) is 14.9. The molecule has 6 nitrogen and oxygen atoms in total. The fourth-order valence-electron chi connectivity index (χ4n) is 3.31. The molecule has 0 aromatic rings. The Bertz CT molecular complexity index is 455. The van der Waals surface area contributed by atoms with Crippen molar-refractivity contribution in [2.75, 3.05) is 26.2 Å². The van der Waals surface area contributed by atoms with Crippen LogP contribution in [0, 0.1) is 17.8 Å². The van der Waals surface area contributed by atoms with Crippen LogP contribution in [0.3, 0.4) is 0 Å². The van der Waals surface area contributed by atoms with E-state index in [-0.39, 0.29) is 6.54 Å². The van der Waals surface area contributed by atoms with E-state index in [2.05, 4.69) is 13.8 Å². The highest BCUT2D eigenvalue weighted by Gasteiger charge is 2.38. The molecule has 0 aromatic carbocycles. The van der Waals surface area contributed by atoms with Crippen molar-refractivity contribution in [2.45, 2.75) is 33.1 Å². The first-order valence-electron chi connectivity index (χ1n) is 7.28. The van der Waals surface area contributed by atoms with Crippen LogP contribution in [0.15, 0.2) is 0 Å². The van der Waals surface area contributed by atoms with Gasteiger partial charge in [-0.3, -0.25) is 4.79 Å². The van der Waals surface area contributed by atoms with Crippen molar-refractivity contribution in [1.82, 2.24) is 8.61 Å². The smallest absolute Gasteiger partial charge is 0.307 e. The second-order valence-corrected chi connectivity index (χ2v) is 8.23. The lowest BCUT2D eigenvalue weighted by Gasteiger charge is -2.39. The molecule has 2 rings (SSSR count). The molecule has 116 valence electrons. The van der Waals surface area contributed by atoms with E-state index in [1.165, 1.54) is 8.61 Å². The maximum absolute atomic E-state index is 12.7. The van der Waals surface area contributed by atoms with Gasteiger partial charge >= 0.3 is 5.97 Å². The molecule has 7 heteroatoms. The molecule has 2 aliphatic heterocycles. The third-order valence-corrected chi connectivity index (χ3v) is 6.16. The van der Waals surface area contributed by atoms with Crippen LogP contribution in [0.1, 0.15) is 33.1 Å². The molecule has 0 saturated carbocycles. The molecule has 2 aliphatic rings. The van der Waals surface area contributed by atoms with Crippen molar-refractivity contribution in [1.29, 1.82) is 0 Å². The highest BCUT2D eigenvalue weighted by molar-refractivity contribution is 7.86. The summed E-state index contributed by atoms with van der Waals surface area (Å²) in [5, 5.41) is 9.08. The summed E-state index contributed by atoms with van der Waals surface area (Å²) in [5.41, 5.74) is 0. The molecule has 3 atom stereocenters. The Labute approximate surface area is 120 Å². The quantitative estimate of drug-likeness (QED) is 0.844. The van der Waals surface area contributed by atoms with Gasteiger partial charge in [0.05, 0.1) is 5.92 Å². The minimum atomic E-state index is -3.51. The summed E-state index contributed by atoms with van der Waals surface area (Å²) in [7, 11) is -3.51. The second kappa shape index (κ2) is 5.99. The predicted molar refractivity (Wildman–Crippen MR) is 75.4 cm³/mol. The van der Waals surface area contributed by atoms with Gasteiger partial charge in [0.1, 0.15) is 0 Å². The SMILES string of the molecule is CC1CC(C)CN(S(=O)(=O)N2CCC[C@@H](C(=O)O)C2)C1. The van der Waals surface area contributed by atoms with Gasteiger partial charge in [0.25, 0.3) is 10.2 Å². The number of rotatable bonds is 3. The summed E-state index contributed by atoms with van der Waals surface area (Å²) in [6.07, 6.45) is 2.23. The van der Waals surface area contributed by atoms with Crippen LogP contribution in [0.2, 0.25) is 0 Å². The van der Waals surface area contributed by atoms with Gasteiger partial charge < -0.3 is 5.11 Å². The number of aliphatic carboxylic acids is 1. The van der Waals surface area contributed by atoms with Crippen LogP contribution >= 0.6 is 0 Å². The average molecular weight is 304 g/mol. The van der Waals surface area contributed by atoms with Gasteiger partial charge in [-0.25, -0.2) is 0 Å². The number of piperidine rings is 2. The Hall–Kier alpha value is -0.660. The van der Waals surface area contributed by atoms with Crippen LogP contribution < -0.4 is 0 Å². The summed E-state index contributed by atoms with van der Waals surface area (Å²) in [6.45, 7) is 5.76. The molecule has 0 aliphatic carbocycles. The average Bonchev–Trinajstić information content (AvgIpc) is 2.37. The highest BCUT2D eigenvalue weighted by atomic mass is 32.2. The molecule has 2 heterocycles. The van der Waals surface area contributed by atoms with Crippen LogP contribution in [-0.2, 0) is 15.0 Å². The number of carbonyl (C=O) groups is 1. The van der Waals surface area contributed by atoms with Gasteiger partial charge in [0.15, 0.2) is 0 Å². The van der Waals surface area contributed by atoms with Crippen LogP contribution in [0.4, 0.5) is 0 Å². The minimum absolute atomic E-state index is 0.108. The maximum Gasteiger partial charge on any atom is 0.307 e. The van der Waals surface area contributed by atoms with Crippen molar-refractivity contribution in [3.05, 3.63) is 0 Å². The number of nitrogens with zero attached hydrogens (tertiary/aromatic N) is 2. The zero-order valence-corrected chi connectivity index (χ0v) is 13.0. The summed E-state index contributed by atoms with van der Waals surface area (Å²) >= 11 is 0. The van der Waals surface area contributed by atoms with Gasteiger partial charge in [-0.2, -0.15) is 17.0 Å². The topological polar surface area (TPSA) is 77.9 Å². The fraction of sp³-hybridized carbons (Fsp3) is 0.923. The molecule has 0 bridgehead atoms. The van der Waals surface area contributed by atoms with Crippen LogP contribution in [0.5, 0.6) is 0 Å². The fourth-order valence-corrected chi connectivity index (χ4v) is 5.25. The monoisotopic (exact) mass is 304 g/mol. The molecule has 20 heavy (non-hydrogen) atoms. The summed E-state index contributed by atoms with van der Waals surface area (Å²) in [6, 6.07) is 0. The molecular weight excluding hydrogens is 280 g/mol.